The van der Waals surface area contributed by atoms with E-state index in [-0.39, 0.29) is 26.4 Å². The summed E-state index contributed by atoms with van der Waals surface area (Å²) in [6, 6.07) is 36.7. The van der Waals surface area contributed by atoms with Gasteiger partial charge in [-0.15, -0.1) is 9.03 Å². The van der Waals surface area contributed by atoms with Crippen molar-refractivity contribution in [1.82, 2.24) is 0 Å². The van der Waals surface area contributed by atoms with E-state index >= 15 is 0 Å². The van der Waals surface area contributed by atoms with Gasteiger partial charge in [-0.25, -0.2) is 0 Å². The van der Waals surface area contributed by atoms with Crippen molar-refractivity contribution in [2.24, 2.45) is 13.5 Å². The van der Waals surface area contributed by atoms with Crippen molar-refractivity contribution in [3.63, 3.8) is 0 Å². The van der Waals surface area contributed by atoms with Crippen molar-refractivity contribution < 1.29 is 41.4 Å². The second-order valence-corrected chi connectivity index (χ2v) is 16.2. The van der Waals surface area contributed by atoms with E-state index in [1.165, 1.54) is 0 Å². The maximum atomic E-state index is 6.67. The molecule has 4 aromatic carbocycles. The van der Waals surface area contributed by atoms with Gasteiger partial charge < -0.3 is 41.4 Å². The van der Waals surface area contributed by atoms with Gasteiger partial charge in [-0.05, 0) is 48.5 Å². The molecule has 1 saturated heterocycles. The normalized spacial score (nSPS) is 19.4. The lowest BCUT2D eigenvalue weighted by Gasteiger charge is -2.33. The molecule has 2 aliphatic heterocycles. The van der Waals surface area contributed by atoms with Crippen LogP contribution >= 0.6 is 23.0 Å². The van der Waals surface area contributed by atoms with Crippen LogP contribution in [0.5, 0.6) is 23.0 Å². The Morgan fingerprint density at radius 1 is 0.362 bits per heavy atom. The molecule has 15 heteroatoms. The number of hydrogen-bond donors (Lipinski definition) is 0. The molecule has 0 saturated carbocycles. The molecule has 6 rings (SSSR count). The van der Waals surface area contributed by atoms with Gasteiger partial charge in [0.1, 0.15) is 23.0 Å². The van der Waals surface area contributed by atoms with Crippen LogP contribution in [0.4, 0.5) is 0 Å². The van der Waals surface area contributed by atoms with Gasteiger partial charge in [0.25, 0.3) is 0 Å². The van der Waals surface area contributed by atoms with Crippen molar-refractivity contribution >= 4 is 23.0 Å². The maximum absolute atomic E-state index is 6.67. The number of benzene rings is 4. The van der Waals surface area contributed by atoms with Crippen LogP contribution in [-0.4, -0.2) is 52.9 Å². The number of para-hydroxylation sites is 4. The zero-order valence-corrected chi connectivity index (χ0v) is 28.2. The van der Waals surface area contributed by atoms with E-state index in [0.717, 1.165) is 0 Å². The fourth-order valence-corrected chi connectivity index (χ4v) is 13.4. The molecule has 0 bridgehead atoms. The van der Waals surface area contributed by atoms with Crippen LogP contribution in [0.3, 0.4) is 0 Å². The van der Waals surface area contributed by atoms with E-state index in [0.29, 0.717) is 49.4 Å². The lowest BCUT2D eigenvalue weighted by atomic mass is 10.3. The highest BCUT2D eigenvalue weighted by Crippen LogP contribution is 2.79. The van der Waals surface area contributed by atoms with Crippen molar-refractivity contribution in [3.8, 4) is 23.0 Å². The molecule has 0 radical (unpaired) electrons. The summed E-state index contributed by atoms with van der Waals surface area (Å²) in [5, 5.41) is 0. The second kappa shape index (κ2) is 16.6. The van der Waals surface area contributed by atoms with Gasteiger partial charge in [0.2, 0.25) is 0 Å². The number of rotatable bonds is 8. The summed E-state index contributed by atoms with van der Waals surface area (Å²) in [7, 11) is -11.3. The Morgan fingerprint density at radius 2 is 0.660 bits per heavy atom. The highest BCUT2D eigenvalue weighted by molar-refractivity contribution is 7.78. The Labute approximate surface area is 274 Å². The Balaban J connectivity index is 1.57. The van der Waals surface area contributed by atoms with Gasteiger partial charge in [-0.3, -0.25) is 0 Å². The summed E-state index contributed by atoms with van der Waals surface area (Å²) in [5.41, 5.74) is 0. The average molecular weight is 700 g/mol. The summed E-state index contributed by atoms with van der Waals surface area (Å²) in [4.78, 5) is 0. The van der Waals surface area contributed by atoms with Crippen molar-refractivity contribution in [3.05, 3.63) is 121 Å². The topological polar surface area (TPSA) is 120 Å². The molecular formula is C32H36N3O9P3. The summed E-state index contributed by atoms with van der Waals surface area (Å²) < 4.78 is 72.0. The van der Waals surface area contributed by atoms with Gasteiger partial charge in [0.15, 0.2) is 0 Å². The fourth-order valence-electron chi connectivity index (χ4n) is 4.25. The Hall–Kier alpha value is -3.43. The van der Waals surface area contributed by atoms with Gasteiger partial charge in [0.05, 0.1) is 52.9 Å². The first-order chi connectivity index (χ1) is 23.1. The average Bonchev–Trinajstić information content (AvgIpc) is 3.08. The predicted molar refractivity (Wildman–Crippen MR) is 181 cm³/mol. The summed E-state index contributed by atoms with van der Waals surface area (Å²) in [6.45, 7) is 2.30. The molecule has 0 atom stereocenters. The lowest BCUT2D eigenvalue weighted by Crippen LogP contribution is -2.15. The smallest absolute Gasteiger partial charge is 0.413 e. The number of nitrogens with zero attached hydrogens (tertiary/aromatic N) is 3. The van der Waals surface area contributed by atoms with E-state index in [9.17, 15) is 0 Å². The van der Waals surface area contributed by atoms with Crippen LogP contribution in [0.1, 0.15) is 0 Å². The minimum atomic E-state index is -3.80. The van der Waals surface area contributed by atoms with Gasteiger partial charge in [0, 0.05) is 0 Å². The molecule has 0 amide bonds. The molecule has 12 nitrogen and oxygen atoms in total. The number of hydrogen-bond acceptors (Lipinski definition) is 12. The third kappa shape index (κ3) is 9.80. The predicted octanol–water partition coefficient (Wildman–Crippen LogP) is 9.25. The van der Waals surface area contributed by atoms with E-state index in [1.807, 2.05) is 72.8 Å². The summed E-state index contributed by atoms with van der Waals surface area (Å²) in [5.74, 6) is 1.87. The molecule has 1 spiro atoms. The zero-order chi connectivity index (χ0) is 32.1. The Morgan fingerprint density at radius 3 is 1.00 bits per heavy atom. The molecule has 2 heterocycles. The van der Waals surface area contributed by atoms with Crippen LogP contribution in [0.2, 0.25) is 0 Å². The lowest BCUT2D eigenvalue weighted by molar-refractivity contribution is -0.000797. The second-order valence-electron chi connectivity index (χ2n) is 9.86. The van der Waals surface area contributed by atoms with E-state index < -0.39 is 23.0 Å². The molecule has 0 N–H and O–H groups in total. The standard InChI is InChI=1S/C32H36N3O9P3/c1-5-13-29(14-6-1)41-46(42-30-15-7-2-8-16-30)33-45(39-27-25-37-23-21-36-22-24-38-26-28-40-45)34-47(35-46,43-31-17-9-3-10-18-31)44-32-19-11-4-12-20-32/h1-20H,21-28H2. The molecular weight excluding hydrogens is 663 g/mol. The molecule has 0 unspecified atom stereocenters. The van der Waals surface area contributed by atoms with Crippen molar-refractivity contribution in [2.45, 2.75) is 0 Å². The highest BCUT2D eigenvalue weighted by atomic mass is 31.3. The molecule has 0 aliphatic carbocycles. The number of ether oxygens (including phenoxy) is 3. The van der Waals surface area contributed by atoms with E-state index in [1.54, 1.807) is 48.5 Å². The van der Waals surface area contributed by atoms with E-state index in [2.05, 4.69) is 0 Å². The fraction of sp³-hybridized carbons (Fsp3) is 0.250. The van der Waals surface area contributed by atoms with Crippen LogP contribution in [0.25, 0.3) is 0 Å². The summed E-state index contributed by atoms with van der Waals surface area (Å²) in [6.07, 6.45) is 0. The molecule has 1 fully saturated rings. The minimum absolute atomic E-state index is 0.0922. The Kier molecular flexibility index (Phi) is 11.8. The molecule has 4 aromatic rings. The quantitative estimate of drug-likeness (QED) is 0.166. The van der Waals surface area contributed by atoms with Crippen LogP contribution < -0.4 is 18.1 Å². The first kappa shape index (κ1) is 33.5. The molecule has 2 aliphatic rings. The maximum Gasteiger partial charge on any atom is 0.459 e. The highest BCUT2D eigenvalue weighted by Gasteiger charge is 2.47. The van der Waals surface area contributed by atoms with Crippen LogP contribution in [0, 0.1) is 0 Å². The van der Waals surface area contributed by atoms with Crippen molar-refractivity contribution in [2.75, 3.05) is 52.9 Å². The van der Waals surface area contributed by atoms with Gasteiger partial charge >= 0.3 is 23.0 Å². The van der Waals surface area contributed by atoms with Gasteiger partial charge in [-0.2, -0.15) is 0 Å². The van der Waals surface area contributed by atoms with E-state index in [4.69, 9.17) is 54.9 Å². The zero-order valence-electron chi connectivity index (χ0n) is 25.6. The largest absolute Gasteiger partial charge is 0.459 e. The van der Waals surface area contributed by atoms with Crippen molar-refractivity contribution in [1.29, 1.82) is 0 Å². The Bertz CT molecular complexity index is 1520. The van der Waals surface area contributed by atoms with Crippen LogP contribution in [-0.2, 0) is 23.3 Å². The third-order valence-corrected chi connectivity index (χ3v) is 14.5. The SMILES string of the molecule is c1ccc(OP2(Oc3ccccc3)=NP3(=NP(Oc4ccccc4)(Oc4ccccc4)=N2)OCCOCCOCCOCCO3)cc1. The first-order valence-corrected chi connectivity index (χ1v) is 19.7. The van der Waals surface area contributed by atoms with Gasteiger partial charge in [-0.1, -0.05) is 77.3 Å². The molecule has 0 aromatic heterocycles. The first-order valence-electron chi connectivity index (χ1n) is 15.1. The molecule has 47 heavy (non-hydrogen) atoms. The molecule has 248 valence electrons. The minimum Gasteiger partial charge on any atom is -0.413 e. The summed E-state index contributed by atoms with van der Waals surface area (Å²) >= 11 is 0. The monoisotopic (exact) mass is 699 g/mol. The van der Waals surface area contributed by atoms with Crippen LogP contribution in [0.15, 0.2) is 135 Å². The third-order valence-electron chi connectivity index (χ3n) is 6.27.